The lowest BCUT2D eigenvalue weighted by atomic mass is 10.2. The maximum atomic E-state index is 14.3. The molecule has 0 saturated carbocycles. The van der Waals surface area contributed by atoms with Crippen LogP contribution in [0.3, 0.4) is 0 Å². The summed E-state index contributed by atoms with van der Waals surface area (Å²) in [7, 11) is 0. The minimum atomic E-state index is -0.991. The summed E-state index contributed by atoms with van der Waals surface area (Å²) >= 11 is 7.35. The molecule has 27 heavy (non-hydrogen) atoms. The average Bonchev–Trinajstić information content (AvgIpc) is 3.12. The minimum absolute atomic E-state index is 0.106. The highest BCUT2D eigenvalue weighted by Gasteiger charge is 2.18. The van der Waals surface area contributed by atoms with Crippen molar-refractivity contribution in [3.8, 4) is 5.69 Å². The van der Waals surface area contributed by atoms with Gasteiger partial charge in [0, 0.05) is 11.1 Å². The molecule has 0 unspecified atom stereocenters. The Morgan fingerprint density at radius 1 is 1.04 bits per heavy atom. The standard InChI is InChI=1S/C19H11ClF2N2O2S/c20-13-4-2-1-3-11(13)10-23-16-7-8-27-17(16)18(25)24(19(23)26)15-6-5-12(21)9-14(15)22/h1-9H,10H2. The molecule has 2 heterocycles. The van der Waals surface area contributed by atoms with Gasteiger partial charge < -0.3 is 0 Å². The summed E-state index contributed by atoms with van der Waals surface area (Å²) in [4.78, 5) is 25.9. The second-order valence-electron chi connectivity index (χ2n) is 5.83. The van der Waals surface area contributed by atoms with E-state index in [4.69, 9.17) is 11.6 Å². The molecule has 0 aliphatic carbocycles. The van der Waals surface area contributed by atoms with Crippen LogP contribution in [0, 0.1) is 11.6 Å². The Balaban J connectivity index is 2.03. The molecular weight excluding hydrogens is 394 g/mol. The summed E-state index contributed by atoms with van der Waals surface area (Å²) in [6.07, 6.45) is 0. The van der Waals surface area contributed by atoms with Crippen molar-refractivity contribution in [3.63, 3.8) is 0 Å². The zero-order valence-electron chi connectivity index (χ0n) is 13.7. The van der Waals surface area contributed by atoms with Crippen molar-refractivity contribution in [2.75, 3.05) is 0 Å². The molecule has 0 saturated heterocycles. The van der Waals surface area contributed by atoms with Gasteiger partial charge in [-0.05, 0) is 35.2 Å². The molecule has 4 rings (SSSR count). The number of hydrogen-bond acceptors (Lipinski definition) is 3. The van der Waals surface area contributed by atoms with Crippen LogP contribution in [-0.4, -0.2) is 9.13 Å². The molecule has 0 aliphatic heterocycles. The van der Waals surface area contributed by atoms with Gasteiger partial charge in [-0.25, -0.2) is 18.1 Å². The van der Waals surface area contributed by atoms with Crippen LogP contribution in [0.2, 0.25) is 5.02 Å². The number of benzene rings is 2. The molecule has 0 amide bonds. The van der Waals surface area contributed by atoms with Crippen LogP contribution in [-0.2, 0) is 6.54 Å². The van der Waals surface area contributed by atoms with Crippen LogP contribution in [0.5, 0.6) is 0 Å². The second-order valence-corrected chi connectivity index (χ2v) is 7.15. The Bertz CT molecular complexity index is 1290. The second kappa shape index (κ2) is 6.75. The minimum Gasteiger partial charge on any atom is -0.288 e. The highest BCUT2D eigenvalue weighted by molar-refractivity contribution is 7.17. The Hall–Kier alpha value is -2.77. The van der Waals surface area contributed by atoms with Crippen LogP contribution < -0.4 is 11.2 Å². The molecular formula is C19H11ClF2N2O2S. The molecule has 0 spiro atoms. The average molecular weight is 405 g/mol. The molecule has 0 N–H and O–H groups in total. The number of thiophene rings is 1. The first-order valence-electron chi connectivity index (χ1n) is 7.89. The van der Waals surface area contributed by atoms with E-state index >= 15 is 0 Å². The highest BCUT2D eigenvalue weighted by Crippen LogP contribution is 2.21. The van der Waals surface area contributed by atoms with Crippen LogP contribution in [0.1, 0.15) is 5.56 Å². The lowest BCUT2D eigenvalue weighted by Gasteiger charge is -2.13. The van der Waals surface area contributed by atoms with Gasteiger partial charge in [0.1, 0.15) is 16.3 Å². The molecule has 0 bridgehead atoms. The SMILES string of the molecule is O=c1c2sccc2n(Cc2ccccc2Cl)c(=O)n1-c1ccc(F)cc1F. The Morgan fingerprint density at radius 3 is 2.56 bits per heavy atom. The van der Waals surface area contributed by atoms with Gasteiger partial charge in [0.15, 0.2) is 0 Å². The van der Waals surface area contributed by atoms with E-state index in [9.17, 15) is 18.4 Å². The molecule has 2 aromatic heterocycles. The van der Waals surface area contributed by atoms with Crippen molar-refractivity contribution in [2.45, 2.75) is 6.54 Å². The normalized spacial score (nSPS) is 11.2. The Labute approximate surface area is 160 Å². The molecule has 0 aliphatic rings. The fourth-order valence-corrected chi connectivity index (χ4v) is 3.93. The van der Waals surface area contributed by atoms with Gasteiger partial charge in [-0.2, -0.15) is 0 Å². The molecule has 136 valence electrons. The summed E-state index contributed by atoms with van der Waals surface area (Å²) in [5.41, 5.74) is -0.552. The predicted molar refractivity (Wildman–Crippen MR) is 102 cm³/mol. The fraction of sp³-hybridized carbons (Fsp3) is 0.0526. The van der Waals surface area contributed by atoms with Gasteiger partial charge in [-0.15, -0.1) is 11.3 Å². The van der Waals surface area contributed by atoms with Crippen LogP contribution in [0.25, 0.3) is 15.9 Å². The largest absolute Gasteiger partial charge is 0.336 e. The van der Waals surface area contributed by atoms with Gasteiger partial charge in [0.25, 0.3) is 5.56 Å². The molecule has 4 nitrogen and oxygen atoms in total. The van der Waals surface area contributed by atoms with E-state index in [1.54, 1.807) is 35.7 Å². The van der Waals surface area contributed by atoms with Crippen molar-refractivity contribution >= 4 is 33.2 Å². The molecule has 2 aromatic carbocycles. The summed E-state index contributed by atoms with van der Waals surface area (Å²) in [5, 5.41) is 2.15. The Morgan fingerprint density at radius 2 is 1.81 bits per heavy atom. The monoisotopic (exact) mass is 404 g/mol. The number of rotatable bonds is 3. The first kappa shape index (κ1) is 17.6. The fourth-order valence-electron chi connectivity index (χ4n) is 2.91. The van der Waals surface area contributed by atoms with E-state index in [0.29, 0.717) is 26.9 Å². The van der Waals surface area contributed by atoms with Gasteiger partial charge in [-0.1, -0.05) is 29.8 Å². The van der Waals surface area contributed by atoms with Gasteiger partial charge in [-0.3, -0.25) is 9.36 Å². The zero-order valence-corrected chi connectivity index (χ0v) is 15.2. The third-order valence-electron chi connectivity index (χ3n) is 4.19. The van der Waals surface area contributed by atoms with Crippen LogP contribution >= 0.6 is 22.9 Å². The predicted octanol–water partition coefficient (Wildman–Crippen LogP) is 4.19. The first-order chi connectivity index (χ1) is 13.0. The van der Waals surface area contributed by atoms with E-state index in [0.717, 1.165) is 28.0 Å². The van der Waals surface area contributed by atoms with Crippen LogP contribution in [0.4, 0.5) is 8.78 Å². The van der Waals surface area contributed by atoms with E-state index in [-0.39, 0.29) is 12.2 Å². The third-order valence-corrected chi connectivity index (χ3v) is 5.45. The zero-order chi connectivity index (χ0) is 19.1. The van der Waals surface area contributed by atoms with Crippen LogP contribution in [0.15, 0.2) is 63.5 Å². The summed E-state index contributed by atoms with van der Waals surface area (Å²) in [5.74, 6) is -1.78. The van der Waals surface area contributed by atoms with Crippen molar-refractivity contribution < 1.29 is 8.78 Å². The van der Waals surface area contributed by atoms with Gasteiger partial charge in [0.05, 0.1) is 17.7 Å². The van der Waals surface area contributed by atoms with Crippen molar-refractivity contribution in [1.82, 2.24) is 9.13 Å². The molecule has 0 fully saturated rings. The van der Waals surface area contributed by atoms with Crippen molar-refractivity contribution in [1.29, 1.82) is 0 Å². The topological polar surface area (TPSA) is 44.0 Å². The lowest BCUT2D eigenvalue weighted by molar-refractivity contribution is 0.572. The lowest BCUT2D eigenvalue weighted by Crippen LogP contribution is -2.39. The summed E-state index contributed by atoms with van der Waals surface area (Å²) in [6, 6.07) is 11.4. The third kappa shape index (κ3) is 2.98. The van der Waals surface area contributed by atoms with E-state index in [1.165, 1.54) is 4.57 Å². The quantitative estimate of drug-likeness (QED) is 0.514. The molecule has 8 heteroatoms. The molecule has 0 radical (unpaired) electrons. The van der Waals surface area contributed by atoms with E-state index in [1.807, 2.05) is 0 Å². The highest BCUT2D eigenvalue weighted by atomic mass is 35.5. The smallest absolute Gasteiger partial charge is 0.288 e. The van der Waals surface area contributed by atoms with Crippen molar-refractivity contribution in [3.05, 3.63) is 97.0 Å². The van der Waals surface area contributed by atoms with Gasteiger partial charge in [0.2, 0.25) is 0 Å². The molecule has 0 atom stereocenters. The number of nitrogens with zero attached hydrogens (tertiary/aromatic N) is 2. The Kier molecular flexibility index (Phi) is 4.41. The number of aromatic nitrogens is 2. The van der Waals surface area contributed by atoms with Gasteiger partial charge >= 0.3 is 5.69 Å². The maximum absolute atomic E-state index is 14.3. The van der Waals surface area contributed by atoms with E-state index in [2.05, 4.69) is 0 Å². The first-order valence-corrected chi connectivity index (χ1v) is 9.15. The number of halogens is 3. The molecule has 4 aromatic rings. The summed E-state index contributed by atoms with van der Waals surface area (Å²) < 4.78 is 29.9. The van der Waals surface area contributed by atoms with E-state index < -0.39 is 22.9 Å². The summed E-state index contributed by atoms with van der Waals surface area (Å²) in [6.45, 7) is 0.106. The number of hydrogen-bond donors (Lipinski definition) is 0. The number of fused-ring (bicyclic) bond motifs is 1. The maximum Gasteiger partial charge on any atom is 0.336 e. The van der Waals surface area contributed by atoms with Crippen molar-refractivity contribution in [2.24, 2.45) is 0 Å².